The van der Waals surface area contributed by atoms with Crippen LogP contribution >= 0.6 is 0 Å². The van der Waals surface area contributed by atoms with Gasteiger partial charge in [0.1, 0.15) is 0 Å². The van der Waals surface area contributed by atoms with Crippen LogP contribution in [-0.2, 0) is 0 Å². The lowest BCUT2D eigenvalue weighted by Gasteiger charge is -1.97. The molecule has 0 amide bonds. The number of nitrogens with one attached hydrogen (secondary N) is 1. The predicted molar refractivity (Wildman–Crippen MR) is 61.1 cm³/mol. The first-order chi connectivity index (χ1) is 6.95. The van der Waals surface area contributed by atoms with Gasteiger partial charge in [0.2, 0.25) is 0 Å². The molecule has 14 heavy (non-hydrogen) atoms. The smallest absolute Gasteiger partial charge is 0.0138 e. The summed E-state index contributed by atoms with van der Waals surface area (Å²) in [6.45, 7) is 2.19. The Kier molecular flexibility index (Phi) is 3.36. The van der Waals surface area contributed by atoms with Crippen molar-refractivity contribution in [3.05, 3.63) is 42.0 Å². The van der Waals surface area contributed by atoms with E-state index < -0.39 is 0 Å². The van der Waals surface area contributed by atoms with Gasteiger partial charge in [-0.1, -0.05) is 42.5 Å². The fraction of sp³-hybridized carbons (Fsp3) is 0.385. The van der Waals surface area contributed by atoms with Gasteiger partial charge in [-0.3, -0.25) is 0 Å². The van der Waals surface area contributed by atoms with Gasteiger partial charge in [-0.25, -0.2) is 0 Å². The molecule has 0 bridgehead atoms. The molecule has 1 saturated carbocycles. The summed E-state index contributed by atoms with van der Waals surface area (Å²) < 4.78 is 0. The van der Waals surface area contributed by atoms with E-state index in [1.54, 1.807) is 0 Å². The van der Waals surface area contributed by atoms with E-state index in [0.717, 1.165) is 12.5 Å². The summed E-state index contributed by atoms with van der Waals surface area (Å²) in [6, 6.07) is 10.4. The Bertz CT molecular complexity index is 285. The van der Waals surface area contributed by atoms with Crippen LogP contribution in [0, 0.1) is 5.92 Å². The molecular weight excluding hydrogens is 170 g/mol. The number of hydrogen-bond donors (Lipinski definition) is 1. The second-order valence-electron chi connectivity index (χ2n) is 3.91. The lowest BCUT2D eigenvalue weighted by Crippen LogP contribution is -2.16. The van der Waals surface area contributed by atoms with Crippen molar-refractivity contribution in [2.24, 2.45) is 5.92 Å². The fourth-order valence-corrected chi connectivity index (χ4v) is 1.45. The van der Waals surface area contributed by atoms with Crippen LogP contribution in [0.15, 0.2) is 36.4 Å². The molecule has 2 rings (SSSR count). The second-order valence-corrected chi connectivity index (χ2v) is 3.91. The third-order valence-electron chi connectivity index (χ3n) is 2.50. The quantitative estimate of drug-likeness (QED) is 0.699. The Hall–Kier alpha value is -1.08. The van der Waals surface area contributed by atoms with Gasteiger partial charge in [0.15, 0.2) is 0 Å². The normalized spacial score (nSPS) is 16.3. The Labute approximate surface area is 85.8 Å². The molecule has 0 unspecified atom stereocenters. The summed E-state index contributed by atoms with van der Waals surface area (Å²) in [7, 11) is 0. The Morgan fingerprint density at radius 2 is 2.00 bits per heavy atom. The third-order valence-corrected chi connectivity index (χ3v) is 2.50. The molecule has 0 aliphatic heterocycles. The van der Waals surface area contributed by atoms with E-state index in [9.17, 15) is 0 Å². The molecule has 1 aromatic carbocycles. The SMILES string of the molecule is C(=C\c1ccccc1)/CNCC1CC1. The largest absolute Gasteiger partial charge is 0.313 e. The molecule has 0 saturated heterocycles. The van der Waals surface area contributed by atoms with Crippen LogP contribution in [0.3, 0.4) is 0 Å². The third kappa shape index (κ3) is 3.35. The standard InChI is InChI=1S/C13H17N/c1-2-5-12(6-3-1)7-4-10-14-11-13-8-9-13/h1-7,13-14H,8-11H2/b7-4+. The van der Waals surface area contributed by atoms with Gasteiger partial charge in [0.25, 0.3) is 0 Å². The van der Waals surface area contributed by atoms with Crippen LogP contribution in [0.5, 0.6) is 0 Å². The van der Waals surface area contributed by atoms with Crippen LogP contribution in [-0.4, -0.2) is 13.1 Å². The highest BCUT2D eigenvalue weighted by Gasteiger charge is 2.19. The van der Waals surface area contributed by atoms with Crippen LogP contribution in [0.1, 0.15) is 18.4 Å². The topological polar surface area (TPSA) is 12.0 Å². The molecule has 0 spiro atoms. The predicted octanol–water partition coefficient (Wildman–Crippen LogP) is 2.70. The summed E-state index contributed by atoms with van der Waals surface area (Å²) in [6.07, 6.45) is 7.21. The van der Waals surface area contributed by atoms with Gasteiger partial charge < -0.3 is 5.32 Å². The summed E-state index contributed by atoms with van der Waals surface area (Å²) in [4.78, 5) is 0. The monoisotopic (exact) mass is 187 g/mol. The first kappa shape index (κ1) is 9.47. The van der Waals surface area contributed by atoms with E-state index in [0.29, 0.717) is 0 Å². The van der Waals surface area contributed by atoms with E-state index in [2.05, 4.69) is 41.7 Å². The van der Waals surface area contributed by atoms with Crippen LogP contribution in [0.25, 0.3) is 6.08 Å². The maximum atomic E-state index is 3.43. The molecule has 0 radical (unpaired) electrons. The molecule has 1 heteroatoms. The van der Waals surface area contributed by atoms with E-state index in [1.807, 2.05) is 6.07 Å². The molecule has 1 N–H and O–H groups in total. The van der Waals surface area contributed by atoms with Gasteiger partial charge in [-0.05, 0) is 30.9 Å². The minimum atomic E-state index is 0.972. The molecule has 1 aliphatic rings. The number of hydrogen-bond acceptors (Lipinski definition) is 1. The molecule has 1 aliphatic carbocycles. The fourth-order valence-electron chi connectivity index (χ4n) is 1.45. The Balaban J connectivity index is 1.66. The highest BCUT2D eigenvalue weighted by Crippen LogP contribution is 2.27. The zero-order valence-electron chi connectivity index (χ0n) is 8.45. The number of benzene rings is 1. The Morgan fingerprint density at radius 1 is 1.21 bits per heavy atom. The van der Waals surface area contributed by atoms with Crippen molar-refractivity contribution in [3.63, 3.8) is 0 Å². The van der Waals surface area contributed by atoms with Crippen molar-refractivity contribution in [1.82, 2.24) is 5.32 Å². The van der Waals surface area contributed by atoms with Crippen molar-refractivity contribution >= 4 is 6.08 Å². The molecule has 1 aromatic rings. The van der Waals surface area contributed by atoms with Crippen molar-refractivity contribution in [2.45, 2.75) is 12.8 Å². The van der Waals surface area contributed by atoms with Crippen molar-refractivity contribution in [3.8, 4) is 0 Å². The lowest BCUT2D eigenvalue weighted by molar-refractivity contribution is 0.683. The van der Waals surface area contributed by atoms with E-state index in [1.165, 1.54) is 24.9 Å². The highest BCUT2D eigenvalue weighted by atomic mass is 14.9. The van der Waals surface area contributed by atoms with Crippen molar-refractivity contribution in [1.29, 1.82) is 0 Å². The summed E-state index contributed by atoms with van der Waals surface area (Å²) >= 11 is 0. The minimum absolute atomic E-state index is 0.972. The van der Waals surface area contributed by atoms with E-state index in [4.69, 9.17) is 0 Å². The number of rotatable bonds is 5. The summed E-state index contributed by atoms with van der Waals surface area (Å²) in [5, 5.41) is 3.43. The molecule has 0 heterocycles. The zero-order valence-corrected chi connectivity index (χ0v) is 8.45. The van der Waals surface area contributed by atoms with Gasteiger partial charge in [-0.2, -0.15) is 0 Å². The first-order valence-electron chi connectivity index (χ1n) is 5.37. The molecular formula is C13H17N. The lowest BCUT2D eigenvalue weighted by atomic mass is 10.2. The summed E-state index contributed by atoms with van der Waals surface area (Å²) in [5.41, 5.74) is 1.28. The van der Waals surface area contributed by atoms with E-state index in [-0.39, 0.29) is 0 Å². The molecule has 74 valence electrons. The van der Waals surface area contributed by atoms with Gasteiger partial charge in [0.05, 0.1) is 0 Å². The molecule has 0 atom stereocenters. The molecule has 0 aromatic heterocycles. The maximum absolute atomic E-state index is 3.43. The van der Waals surface area contributed by atoms with Crippen LogP contribution in [0.4, 0.5) is 0 Å². The highest BCUT2D eigenvalue weighted by molar-refractivity contribution is 5.48. The van der Waals surface area contributed by atoms with Crippen LogP contribution < -0.4 is 5.32 Å². The average molecular weight is 187 g/mol. The van der Waals surface area contributed by atoms with Gasteiger partial charge in [-0.15, -0.1) is 0 Å². The minimum Gasteiger partial charge on any atom is -0.313 e. The van der Waals surface area contributed by atoms with Crippen LogP contribution in [0.2, 0.25) is 0 Å². The summed E-state index contributed by atoms with van der Waals surface area (Å²) in [5.74, 6) is 0.972. The van der Waals surface area contributed by atoms with Crippen molar-refractivity contribution in [2.75, 3.05) is 13.1 Å². The van der Waals surface area contributed by atoms with Crippen molar-refractivity contribution < 1.29 is 0 Å². The van der Waals surface area contributed by atoms with Gasteiger partial charge >= 0.3 is 0 Å². The zero-order chi connectivity index (χ0) is 9.64. The molecule has 1 nitrogen and oxygen atoms in total. The van der Waals surface area contributed by atoms with E-state index >= 15 is 0 Å². The maximum Gasteiger partial charge on any atom is 0.0138 e. The second kappa shape index (κ2) is 4.97. The first-order valence-corrected chi connectivity index (χ1v) is 5.37. The average Bonchev–Trinajstić information content (AvgIpc) is 3.03. The molecule has 1 fully saturated rings. The van der Waals surface area contributed by atoms with Gasteiger partial charge in [0, 0.05) is 6.54 Å². The Morgan fingerprint density at radius 3 is 2.71 bits per heavy atom.